The molecule has 54 valence electrons. The molecule has 0 aliphatic carbocycles. The standard InChI is InChI=1S/C5H5NO2S2/c7-2-1-3-4(8)6-5(9)10-3/h1,7H,2H2,(H,6,8,9)/b3-1+. The molecule has 1 fully saturated rings. The first kappa shape index (κ1) is 7.71. The summed E-state index contributed by atoms with van der Waals surface area (Å²) >= 11 is 5.87. The van der Waals surface area contributed by atoms with Crippen LogP contribution in [0.15, 0.2) is 11.0 Å². The summed E-state index contributed by atoms with van der Waals surface area (Å²) in [5.74, 6) is -0.218. The maximum atomic E-state index is 10.8. The average Bonchev–Trinajstić information content (AvgIpc) is 2.13. The average molecular weight is 175 g/mol. The topological polar surface area (TPSA) is 49.3 Å². The minimum Gasteiger partial charge on any atom is -0.392 e. The van der Waals surface area contributed by atoms with Crippen molar-refractivity contribution in [3.63, 3.8) is 0 Å². The van der Waals surface area contributed by atoms with E-state index in [1.165, 1.54) is 17.8 Å². The van der Waals surface area contributed by atoms with Gasteiger partial charge in [-0.15, -0.1) is 0 Å². The van der Waals surface area contributed by atoms with Crippen LogP contribution < -0.4 is 5.32 Å². The van der Waals surface area contributed by atoms with Crippen LogP contribution in [0.5, 0.6) is 0 Å². The van der Waals surface area contributed by atoms with Crippen molar-refractivity contribution in [1.82, 2.24) is 5.32 Å². The lowest BCUT2D eigenvalue weighted by atomic mass is 10.5. The molecular formula is C5H5NO2S2. The van der Waals surface area contributed by atoms with Crippen molar-refractivity contribution in [3.05, 3.63) is 11.0 Å². The smallest absolute Gasteiger partial charge is 0.263 e. The van der Waals surface area contributed by atoms with E-state index in [9.17, 15) is 4.79 Å². The Morgan fingerprint density at radius 3 is 2.90 bits per heavy atom. The molecular weight excluding hydrogens is 170 g/mol. The zero-order valence-corrected chi connectivity index (χ0v) is 6.59. The first-order chi connectivity index (χ1) is 4.74. The maximum absolute atomic E-state index is 10.8. The molecule has 1 saturated heterocycles. The van der Waals surface area contributed by atoms with Crippen LogP contribution in [0.4, 0.5) is 0 Å². The highest BCUT2D eigenvalue weighted by Gasteiger charge is 2.20. The Kier molecular flexibility index (Phi) is 2.42. The van der Waals surface area contributed by atoms with Crippen LogP contribution in [-0.4, -0.2) is 21.9 Å². The summed E-state index contributed by atoms with van der Waals surface area (Å²) in [5.41, 5.74) is 0. The van der Waals surface area contributed by atoms with E-state index in [2.05, 4.69) is 5.32 Å². The Bertz CT molecular complexity index is 212. The van der Waals surface area contributed by atoms with E-state index in [0.29, 0.717) is 9.23 Å². The third-order valence-electron chi connectivity index (χ3n) is 0.919. The largest absolute Gasteiger partial charge is 0.392 e. The van der Waals surface area contributed by atoms with Crippen molar-refractivity contribution in [2.75, 3.05) is 6.61 Å². The fraction of sp³-hybridized carbons (Fsp3) is 0.200. The molecule has 1 aliphatic rings. The molecule has 2 N–H and O–H groups in total. The van der Waals surface area contributed by atoms with Crippen LogP contribution in [0, 0.1) is 0 Å². The van der Waals surface area contributed by atoms with Gasteiger partial charge in [-0.05, 0) is 6.08 Å². The second-order valence-electron chi connectivity index (χ2n) is 1.59. The predicted molar refractivity (Wildman–Crippen MR) is 43.5 cm³/mol. The predicted octanol–water partition coefficient (Wildman–Crippen LogP) is 0.0105. The van der Waals surface area contributed by atoms with Gasteiger partial charge in [0.15, 0.2) is 0 Å². The van der Waals surface area contributed by atoms with Crippen LogP contribution in [0.25, 0.3) is 0 Å². The molecule has 0 atom stereocenters. The Morgan fingerprint density at radius 1 is 1.80 bits per heavy atom. The molecule has 1 rings (SSSR count). The van der Waals surface area contributed by atoms with Crippen molar-refractivity contribution >= 4 is 34.2 Å². The Balaban J connectivity index is 2.72. The normalized spacial score (nSPS) is 21.9. The highest BCUT2D eigenvalue weighted by atomic mass is 32.2. The van der Waals surface area contributed by atoms with Crippen molar-refractivity contribution < 1.29 is 9.90 Å². The zero-order chi connectivity index (χ0) is 7.56. The summed E-state index contributed by atoms with van der Waals surface area (Å²) in [6.07, 6.45) is 1.43. The van der Waals surface area contributed by atoms with Crippen molar-refractivity contribution in [2.24, 2.45) is 0 Å². The summed E-state index contributed by atoms with van der Waals surface area (Å²) in [7, 11) is 0. The number of carbonyl (C=O) groups is 1. The number of carbonyl (C=O) groups excluding carboxylic acids is 1. The first-order valence-electron chi connectivity index (χ1n) is 2.58. The van der Waals surface area contributed by atoms with Gasteiger partial charge in [0.25, 0.3) is 5.91 Å². The molecule has 0 aromatic rings. The maximum Gasteiger partial charge on any atom is 0.263 e. The van der Waals surface area contributed by atoms with Crippen molar-refractivity contribution in [2.45, 2.75) is 0 Å². The number of rotatable bonds is 1. The Labute approximate surface area is 67.5 Å². The van der Waals surface area contributed by atoms with Crippen molar-refractivity contribution in [3.8, 4) is 0 Å². The molecule has 1 amide bonds. The van der Waals surface area contributed by atoms with Gasteiger partial charge in [0, 0.05) is 0 Å². The SMILES string of the molecule is O=C1NC(=S)S/C1=C/CO. The van der Waals surface area contributed by atoms with Crippen LogP contribution in [0.1, 0.15) is 0 Å². The van der Waals surface area contributed by atoms with Gasteiger partial charge in [0.2, 0.25) is 0 Å². The first-order valence-corrected chi connectivity index (χ1v) is 3.80. The molecule has 10 heavy (non-hydrogen) atoms. The molecule has 0 radical (unpaired) electrons. The fourth-order valence-electron chi connectivity index (χ4n) is 0.543. The summed E-state index contributed by atoms with van der Waals surface area (Å²) in [6.45, 7) is -0.127. The van der Waals surface area contributed by atoms with E-state index in [0.717, 1.165) is 0 Å². The van der Waals surface area contributed by atoms with E-state index in [-0.39, 0.29) is 12.5 Å². The second kappa shape index (κ2) is 3.14. The van der Waals surface area contributed by atoms with E-state index < -0.39 is 0 Å². The van der Waals surface area contributed by atoms with E-state index in [4.69, 9.17) is 17.3 Å². The second-order valence-corrected chi connectivity index (χ2v) is 3.31. The minimum absolute atomic E-state index is 0.127. The monoisotopic (exact) mass is 175 g/mol. The third kappa shape index (κ3) is 1.56. The number of hydrogen-bond donors (Lipinski definition) is 2. The molecule has 0 bridgehead atoms. The molecule has 0 aromatic carbocycles. The summed E-state index contributed by atoms with van der Waals surface area (Å²) in [5, 5.41) is 10.8. The fourth-order valence-corrected chi connectivity index (χ4v) is 1.55. The molecule has 1 aliphatic heterocycles. The Morgan fingerprint density at radius 2 is 2.50 bits per heavy atom. The lowest BCUT2D eigenvalue weighted by molar-refractivity contribution is -0.115. The van der Waals surface area contributed by atoms with Gasteiger partial charge in [0.1, 0.15) is 4.32 Å². The number of amides is 1. The van der Waals surface area contributed by atoms with Crippen LogP contribution in [0.3, 0.4) is 0 Å². The van der Waals surface area contributed by atoms with Crippen LogP contribution >= 0.6 is 24.0 Å². The number of thiocarbonyl (C=S) groups is 1. The minimum atomic E-state index is -0.218. The zero-order valence-electron chi connectivity index (χ0n) is 4.96. The van der Waals surface area contributed by atoms with Gasteiger partial charge in [-0.2, -0.15) is 0 Å². The summed E-state index contributed by atoms with van der Waals surface area (Å²) < 4.78 is 0.449. The number of hydrogen-bond acceptors (Lipinski definition) is 4. The van der Waals surface area contributed by atoms with Gasteiger partial charge in [0.05, 0.1) is 11.5 Å². The van der Waals surface area contributed by atoms with Crippen molar-refractivity contribution in [1.29, 1.82) is 0 Å². The summed E-state index contributed by atoms with van der Waals surface area (Å²) in [4.78, 5) is 11.3. The van der Waals surface area contributed by atoms with Crippen LogP contribution in [-0.2, 0) is 4.79 Å². The lowest BCUT2D eigenvalue weighted by Crippen LogP contribution is -2.17. The number of aliphatic hydroxyl groups is 1. The van der Waals surface area contributed by atoms with Gasteiger partial charge in [-0.3, -0.25) is 4.79 Å². The quantitative estimate of drug-likeness (QED) is 0.435. The van der Waals surface area contributed by atoms with Gasteiger partial charge in [-0.1, -0.05) is 24.0 Å². The molecule has 0 spiro atoms. The van der Waals surface area contributed by atoms with E-state index in [1.54, 1.807) is 0 Å². The number of aliphatic hydroxyl groups excluding tert-OH is 1. The Hall–Kier alpha value is -0.390. The molecule has 1 heterocycles. The lowest BCUT2D eigenvalue weighted by Gasteiger charge is -1.85. The van der Waals surface area contributed by atoms with Crippen LogP contribution in [0.2, 0.25) is 0 Å². The molecule has 0 saturated carbocycles. The van der Waals surface area contributed by atoms with E-state index in [1.807, 2.05) is 0 Å². The molecule has 5 heteroatoms. The molecule has 0 unspecified atom stereocenters. The summed E-state index contributed by atoms with van der Waals surface area (Å²) in [6, 6.07) is 0. The number of thioether (sulfide) groups is 1. The van der Waals surface area contributed by atoms with Gasteiger partial charge < -0.3 is 10.4 Å². The van der Waals surface area contributed by atoms with E-state index >= 15 is 0 Å². The highest BCUT2D eigenvalue weighted by Crippen LogP contribution is 2.22. The highest BCUT2D eigenvalue weighted by molar-refractivity contribution is 8.26. The molecule has 0 aromatic heterocycles. The number of nitrogens with one attached hydrogen (secondary N) is 1. The third-order valence-corrected chi connectivity index (χ3v) is 2.13. The molecule has 3 nitrogen and oxygen atoms in total. The van der Waals surface area contributed by atoms with Gasteiger partial charge in [-0.25, -0.2) is 0 Å². The van der Waals surface area contributed by atoms with Gasteiger partial charge >= 0.3 is 0 Å².